The third-order valence-corrected chi connectivity index (χ3v) is 3.62. The smallest absolute Gasteiger partial charge is 0.273 e. The van der Waals surface area contributed by atoms with Gasteiger partial charge in [-0.25, -0.2) is 0 Å². The number of allylic oxidation sites excluding steroid dienone is 1. The van der Waals surface area contributed by atoms with E-state index < -0.39 is 10.8 Å². The Kier molecular flexibility index (Phi) is 3.35. The predicted molar refractivity (Wildman–Crippen MR) is 80.5 cm³/mol. The lowest BCUT2D eigenvalue weighted by atomic mass is 9.83. The lowest BCUT2D eigenvalue weighted by Gasteiger charge is -2.26. The van der Waals surface area contributed by atoms with Gasteiger partial charge < -0.3 is 15.6 Å². The predicted octanol–water partition coefficient (Wildman–Crippen LogP) is 2.52. The Morgan fingerprint density at radius 3 is 2.74 bits per heavy atom. The van der Waals surface area contributed by atoms with Crippen molar-refractivity contribution in [2.75, 3.05) is 0 Å². The van der Waals surface area contributed by atoms with Gasteiger partial charge in [-0.15, -0.1) is 0 Å². The Hall–Kier alpha value is -3.53. The molecule has 0 saturated carbocycles. The van der Waals surface area contributed by atoms with Gasteiger partial charge in [0.2, 0.25) is 5.88 Å². The van der Waals surface area contributed by atoms with E-state index in [0.29, 0.717) is 11.1 Å². The molecule has 0 saturated heterocycles. The minimum absolute atomic E-state index is 0.0494. The molecule has 3 rings (SSSR count). The van der Waals surface area contributed by atoms with Crippen molar-refractivity contribution in [2.45, 2.75) is 5.92 Å². The largest absolute Gasteiger partial charge is 0.508 e. The first kappa shape index (κ1) is 14.4. The van der Waals surface area contributed by atoms with Crippen LogP contribution in [0.15, 0.2) is 53.9 Å². The second-order valence-corrected chi connectivity index (χ2v) is 5.00. The number of nitrogens with zero attached hydrogens (tertiary/aromatic N) is 2. The third-order valence-electron chi connectivity index (χ3n) is 3.62. The molecule has 7 heteroatoms. The molecule has 114 valence electrons. The van der Waals surface area contributed by atoms with Gasteiger partial charge in [0.25, 0.3) is 5.69 Å². The average Bonchev–Trinajstić information content (AvgIpc) is 2.52. The van der Waals surface area contributed by atoms with Crippen molar-refractivity contribution in [3.63, 3.8) is 0 Å². The standard InChI is InChI=1S/C16H11N3O4/c17-8-13-15(9-2-1-3-11(20)6-9)12-5-4-10(19(21)22)7-14(12)23-16(13)18/h1-7,15,20H,18H2. The Labute approximate surface area is 131 Å². The number of benzene rings is 2. The van der Waals surface area contributed by atoms with Crippen LogP contribution in [0.3, 0.4) is 0 Å². The molecule has 7 nitrogen and oxygen atoms in total. The van der Waals surface area contributed by atoms with E-state index in [1.165, 1.54) is 30.3 Å². The molecule has 0 radical (unpaired) electrons. The molecule has 3 N–H and O–H groups in total. The SMILES string of the molecule is N#CC1=C(N)Oc2cc([N+](=O)[O-])ccc2C1c1cccc(O)c1. The summed E-state index contributed by atoms with van der Waals surface area (Å²) in [6.45, 7) is 0. The van der Waals surface area contributed by atoms with Crippen LogP contribution >= 0.6 is 0 Å². The molecule has 0 aliphatic carbocycles. The highest BCUT2D eigenvalue weighted by Crippen LogP contribution is 2.43. The number of ether oxygens (including phenoxy) is 1. The summed E-state index contributed by atoms with van der Waals surface area (Å²) >= 11 is 0. The molecule has 2 aromatic carbocycles. The first-order valence-corrected chi connectivity index (χ1v) is 6.66. The number of phenolic OH excluding ortho intramolecular Hbond substituents is 1. The molecule has 1 atom stereocenters. The number of nitrogens with two attached hydrogens (primary N) is 1. The van der Waals surface area contributed by atoms with E-state index in [0.717, 1.165) is 0 Å². The number of nitriles is 1. The van der Waals surface area contributed by atoms with Gasteiger partial charge in [-0.3, -0.25) is 10.1 Å². The quantitative estimate of drug-likeness (QED) is 0.649. The van der Waals surface area contributed by atoms with Crippen LogP contribution in [0.5, 0.6) is 11.5 Å². The molecule has 1 heterocycles. The van der Waals surface area contributed by atoms with Crippen LogP contribution in [0.25, 0.3) is 0 Å². The summed E-state index contributed by atoms with van der Waals surface area (Å²) in [6, 6.07) is 12.6. The number of nitro benzene ring substituents is 1. The lowest BCUT2D eigenvalue weighted by molar-refractivity contribution is -0.384. The maximum atomic E-state index is 10.9. The van der Waals surface area contributed by atoms with Crippen LogP contribution in [-0.2, 0) is 0 Å². The Morgan fingerprint density at radius 1 is 1.30 bits per heavy atom. The topological polar surface area (TPSA) is 122 Å². The summed E-state index contributed by atoms with van der Waals surface area (Å²) in [6.07, 6.45) is 0. The molecular formula is C16H11N3O4. The lowest BCUT2D eigenvalue weighted by Crippen LogP contribution is -2.21. The van der Waals surface area contributed by atoms with Crippen molar-refractivity contribution in [2.24, 2.45) is 5.73 Å². The second kappa shape index (κ2) is 5.35. The molecular weight excluding hydrogens is 298 g/mol. The van der Waals surface area contributed by atoms with Crippen LogP contribution in [0.4, 0.5) is 5.69 Å². The Morgan fingerprint density at radius 2 is 2.09 bits per heavy atom. The highest BCUT2D eigenvalue weighted by atomic mass is 16.6. The van der Waals surface area contributed by atoms with Crippen LogP contribution in [0.1, 0.15) is 17.0 Å². The fourth-order valence-corrected chi connectivity index (χ4v) is 2.60. The number of fused-ring (bicyclic) bond motifs is 1. The number of non-ortho nitro benzene ring substituents is 1. The zero-order valence-corrected chi connectivity index (χ0v) is 11.8. The highest BCUT2D eigenvalue weighted by Gasteiger charge is 2.31. The summed E-state index contributed by atoms with van der Waals surface area (Å²) in [5, 5.41) is 30.0. The zero-order chi connectivity index (χ0) is 16.6. The summed E-state index contributed by atoms with van der Waals surface area (Å²) in [7, 11) is 0. The van der Waals surface area contributed by atoms with Crippen molar-refractivity contribution in [3.8, 4) is 17.6 Å². The normalized spacial score (nSPS) is 16.2. The Balaban J connectivity index is 2.22. The van der Waals surface area contributed by atoms with E-state index in [-0.39, 0.29) is 28.6 Å². The van der Waals surface area contributed by atoms with E-state index >= 15 is 0 Å². The molecule has 0 fully saturated rings. The van der Waals surface area contributed by atoms with Gasteiger partial charge in [0, 0.05) is 11.6 Å². The van der Waals surface area contributed by atoms with Crippen LogP contribution in [0, 0.1) is 21.4 Å². The van der Waals surface area contributed by atoms with Crippen molar-refractivity contribution < 1.29 is 14.8 Å². The number of nitro groups is 1. The summed E-state index contributed by atoms with van der Waals surface area (Å²) in [4.78, 5) is 10.4. The maximum Gasteiger partial charge on any atom is 0.273 e. The molecule has 1 unspecified atom stereocenters. The number of hydrogen-bond acceptors (Lipinski definition) is 6. The van der Waals surface area contributed by atoms with Crippen LogP contribution < -0.4 is 10.5 Å². The second-order valence-electron chi connectivity index (χ2n) is 5.00. The molecule has 1 aliphatic heterocycles. The van der Waals surface area contributed by atoms with Crippen LogP contribution in [-0.4, -0.2) is 10.0 Å². The minimum atomic E-state index is -0.559. The summed E-state index contributed by atoms with van der Waals surface area (Å²) in [5.74, 6) is -0.386. The van der Waals surface area contributed by atoms with Gasteiger partial charge in [0.1, 0.15) is 23.1 Å². The number of hydrogen-bond donors (Lipinski definition) is 2. The Bertz CT molecular complexity index is 883. The number of rotatable bonds is 2. The first-order chi connectivity index (χ1) is 11.0. The molecule has 2 aromatic rings. The van der Waals surface area contributed by atoms with Crippen molar-refractivity contribution in [3.05, 3.63) is 75.2 Å². The molecule has 0 bridgehead atoms. The van der Waals surface area contributed by atoms with Gasteiger partial charge in [0.15, 0.2) is 0 Å². The van der Waals surface area contributed by atoms with E-state index in [2.05, 4.69) is 0 Å². The van der Waals surface area contributed by atoms with Crippen molar-refractivity contribution in [1.82, 2.24) is 0 Å². The van der Waals surface area contributed by atoms with Gasteiger partial charge >= 0.3 is 0 Å². The fraction of sp³-hybridized carbons (Fsp3) is 0.0625. The fourth-order valence-electron chi connectivity index (χ4n) is 2.60. The number of phenols is 1. The van der Waals surface area contributed by atoms with Gasteiger partial charge in [-0.05, 0) is 23.8 Å². The minimum Gasteiger partial charge on any atom is -0.508 e. The van der Waals surface area contributed by atoms with E-state index in [1.54, 1.807) is 12.1 Å². The van der Waals surface area contributed by atoms with E-state index in [4.69, 9.17) is 10.5 Å². The van der Waals surface area contributed by atoms with Crippen molar-refractivity contribution in [1.29, 1.82) is 5.26 Å². The van der Waals surface area contributed by atoms with E-state index in [9.17, 15) is 20.5 Å². The van der Waals surface area contributed by atoms with Gasteiger partial charge in [-0.2, -0.15) is 5.26 Å². The third kappa shape index (κ3) is 2.42. The number of aromatic hydroxyl groups is 1. The van der Waals surface area contributed by atoms with Crippen molar-refractivity contribution >= 4 is 5.69 Å². The van der Waals surface area contributed by atoms with Crippen LogP contribution in [0.2, 0.25) is 0 Å². The molecule has 0 spiro atoms. The monoisotopic (exact) mass is 309 g/mol. The van der Waals surface area contributed by atoms with Gasteiger partial charge in [0.05, 0.1) is 16.9 Å². The highest BCUT2D eigenvalue weighted by molar-refractivity contribution is 5.58. The zero-order valence-electron chi connectivity index (χ0n) is 11.8. The molecule has 0 amide bonds. The summed E-state index contributed by atoms with van der Waals surface area (Å²) < 4.78 is 5.38. The first-order valence-electron chi connectivity index (χ1n) is 6.66. The van der Waals surface area contributed by atoms with E-state index in [1.807, 2.05) is 6.07 Å². The van der Waals surface area contributed by atoms with Gasteiger partial charge in [-0.1, -0.05) is 12.1 Å². The maximum absolute atomic E-state index is 10.9. The molecule has 0 aromatic heterocycles. The summed E-state index contributed by atoms with van der Waals surface area (Å²) in [5.41, 5.74) is 7.08. The average molecular weight is 309 g/mol. The molecule has 23 heavy (non-hydrogen) atoms. The molecule has 1 aliphatic rings.